The van der Waals surface area contributed by atoms with Gasteiger partial charge in [0.15, 0.2) is 0 Å². The van der Waals surface area contributed by atoms with Crippen LogP contribution in [-0.2, 0) is 0 Å². The van der Waals surface area contributed by atoms with Gasteiger partial charge >= 0.3 is 215 Å². The first kappa shape index (κ1) is 27.6. The average molecular weight is 491 g/mol. The summed E-state index contributed by atoms with van der Waals surface area (Å²) in [5.41, 5.74) is 0. The molecule has 2 nitrogen and oxygen atoms in total. The molecule has 3 heteroatoms. The Morgan fingerprint density at radius 3 is 1.40 bits per heavy atom. The Bertz CT molecular complexity index is 859. The molecule has 0 aliphatic carbocycles. The first-order chi connectivity index (χ1) is 17.2. The van der Waals surface area contributed by atoms with Gasteiger partial charge in [-0.05, 0) is 0 Å². The fourth-order valence-corrected chi connectivity index (χ4v) is 12.9. The molecule has 0 aliphatic rings. The van der Waals surface area contributed by atoms with Gasteiger partial charge in [-0.25, -0.2) is 0 Å². The van der Waals surface area contributed by atoms with Crippen LogP contribution in [0.3, 0.4) is 0 Å². The molecule has 190 valence electrons. The SMILES string of the molecule is CCCCCCCCCC(NC)P(NCCC)(c1ccccc1)(c1ccccc1)c1ccccc1. The molecular weight excluding hydrogens is 443 g/mol. The molecule has 0 saturated heterocycles. The predicted molar refractivity (Wildman–Crippen MR) is 159 cm³/mol. The Morgan fingerprint density at radius 1 is 0.571 bits per heavy atom. The Morgan fingerprint density at radius 2 is 1.00 bits per heavy atom. The molecule has 3 aromatic carbocycles. The van der Waals surface area contributed by atoms with Gasteiger partial charge in [0.25, 0.3) is 0 Å². The van der Waals surface area contributed by atoms with Gasteiger partial charge in [0.2, 0.25) is 0 Å². The number of nitrogens with one attached hydrogen (secondary N) is 2. The van der Waals surface area contributed by atoms with Crippen LogP contribution in [0.4, 0.5) is 0 Å². The van der Waals surface area contributed by atoms with Crippen LogP contribution in [0.1, 0.15) is 71.6 Å². The van der Waals surface area contributed by atoms with E-state index in [0.717, 1.165) is 19.4 Å². The molecule has 3 rings (SSSR count). The predicted octanol–water partition coefficient (Wildman–Crippen LogP) is 7.12. The summed E-state index contributed by atoms with van der Waals surface area (Å²) in [4.78, 5) is 0. The molecule has 1 atom stereocenters. The number of hydrogen-bond donors (Lipinski definition) is 2. The normalized spacial score (nSPS) is 13.7. The van der Waals surface area contributed by atoms with E-state index in [-0.39, 0.29) is 0 Å². The fraction of sp³-hybridized carbons (Fsp3) is 0.438. The van der Waals surface area contributed by atoms with Crippen LogP contribution in [0.25, 0.3) is 0 Å². The summed E-state index contributed by atoms with van der Waals surface area (Å²) in [7, 11) is 2.18. The van der Waals surface area contributed by atoms with Crippen molar-refractivity contribution in [1.82, 2.24) is 10.4 Å². The van der Waals surface area contributed by atoms with Crippen LogP contribution >= 0.6 is 6.75 Å². The quantitative estimate of drug-likeness (QED) is 0.165. The second-order valence-corrected chi connectivity index (χ2v) is 14.7. The zero-order chi connectivity index (χ0) is 24.8. The number of benzene rings is 3. The van der Waals surface area contributed by atoms with E-state index in [4.69, 9.17) is 0 Å². The van der Waals surface area contributed by atoms with Crippen LogP contribution in [0.15, 0.2) is 91.0 Å². The van der Waals surface area contributed by atoms with Gasteiger partial charge in [-0.15, -0.1) is 0 Å². The van der Waals surface area contributed by atoms with Crippen LogP contribution in [-0.4, -0.2) is 19.4 Å². The minimum atomic E-state index is -3.09. The molecule has 0 aliphatic heterocycles. The van der Waals surface area contributed by atoms with Gasteiger partial charge in [-0.1, -0.05) is 0 Å². The maximum atomic E-state index is 4.33. The molecule has 0 amide bonds. The summed E-state index contributed by atoms with van der Waals surface area (Å²) < 4.78 is 0. The third-order valence-electron chi connectivity index (χ3n) is 7.61. The number of rotatable bonds is 16. The molecule has 2 N–H and O–H groups in total. The Hall–Kier alpha value is -1.99. The summed E-state index contributed by atoms with van der Waals surface area (Å²) in [6, 6.07) is 34.0. The van der Waals surface area contributed by atoms with Crippen molar-refractivity contribution in [2.24, 2.45) is 0 Å². The molecule has 0 radical (unpaired) electrons. The molecule has 0 bridgehead atoms. The molecule has 1 unspecified atom stereocenters. The van der Waals surface area contributed by atoms with Crippen molar-refractivity contribution < 1.29 is 0 Å². The molecule has 0 saturated carbocycles. The Labute approximate surface area is 214 Å². The van der Waals surface area contributed by atoms with Gasteiger partial charge in [0.1, 0.15) is 0 Å². The third-order valence-corrected chi connectivity index (χ3v) is 14.4. The van der Waals surface area contributed by atoms with Crippen LogP contribution in [0.5, 0.6) is 0 Å². The number of unbranched alkanes of at least 4 members (excludes halogenated alkanes) is 6. The van der Waals surface area contributed by atoms with Gasteiger partial charge in [0, 0.05) is 0 Å². The van der Waals surface area contributed by atoms with Crippen molar-refractivity contribution in [3.8, 4) is 0 Å². The first-order valence-electron chi connectivity index (χ1n) is 13.8. The maximum absolute atomic E-state index is 4.33. The van der Waals surface area contributed by atoms with Gasteiger partial charge in [-0.3, -0.25) is 0 Å². The van der Waals surface area contributed by atoms with Crippen LogP contribution < -0.4 is 26.3 Å². The summed E-state index contributed by atoms with van der Waals surface area (Å²) in [6.07, 6.45) is 11.6. The van der Waals surface area contributed by atoms with E-state index < -0.39 is 6.75 Å². The van der Waals surface area contributed by atoms with E-state index in [0.29, 0.717) is 5.78 Å². The molecule has 0 fully saturated rings. The van der Waals surface area contributed by atoms with Crippen LogP contribution in [0.2, 0.25) is 0 Å². The van der Waals surface area contributed by atoms with E-state index in [1.54, 1.807) is 0 Å². The van der Waals surface area contributed by atoms with Gasteiger partial charge in [-0.2, -0.15) is 0 Å². The van der Waals surface area contributed by atoms with Crippen molar-refractivity contribution in [1.29, 1.82) is 0 Å². The van der Waals surface area contributed by atoms with Gasteiger partial charge < -0.3 is 0 Å². The first-order valence-corrected chi connectivity index (χ1v) is 16.2. The van der Waals surface area contributed by atoms with Crippen molar-refractivity contribution in [3.63, 3.8) is 0 Å². The molecule has 3 aromatic rings. The van der Waals surface area contributed by atoms with Crippen LogP contribution in [0, 0.1) is 0 Å². The molecule has 0 aromatic heterocycles. The minimum absolute atomic E-state index is 0.301. The van der Waals surface area contributed by atoms with Crippen molar-refractivity contribution in [3.05, 3.63) is 91.0 Å². The van der Waals surface area contributed by atoms with Gasteiger partial charge in [0.05, 0.1) is 0 Å². The topological polar surface area (TPSA) is 24.1 Å². The second-order valence-electron chi connectivity index (χ2n) is 9.82. The average Bonchev–Trinajstić information content (AvgIpc) is 2.93. The second kappa shape index (κ2) is 13.9. The molecule has 0 heterocycles. The van der Waals surface area contributed by atoms with E-state index in [2.05, 4.69) is 122 Å². The summed E-state index contributed by atoms with van der Waals surface area (Å²) >= 11 is 0. The van der Waals surface area contributed by atoms with E-state index in [1.165, 1.54) is 60.9 Å². The van der Waals surface area contributed by atoms with Crippen molar-refractivity contribution in [2.45, 2.75) is 77.4 Å². The number of hydrogen-bond acceptors (Lipinski definition) is 2. The fourth-order valence-electron chi connectivity index (χ4n) is 5.88. The van der Waals surface area contributed by atoms with Crippen molar-refractivity contribution >= 4 is 22.7 Å². The summed E-state index contributed by atoms with van der Waals surface area (Å²) in [5.74, 6) is 0.301. The third kappa shape index (κ3) is 5.72. The van der Waals surface area contributed by atoms with E-state index in [1.807, 2.05) is 0 Å². The molecule has 0 spiro atoms. The molecular formula is C32H47N2P. The Kier molecular flexibility index (Phi) is 11.0. The zero-order valence-corrected chi connectivity index (χ0v) is 23.2. The molecule has 35 heavy (non-hydrogen) atoms. The standard InChI is InChI=1S/C32H47N2P/c1-4-6-7-8-9-10-20-27-32(33-3)35(34-28-5-2,29-21-14-11-15-22-29,30-23-16-12-17-24-30)31-25-18-13-19-26-31/h11-19,21-26,32-34H,4-10,20,27-28H2,1-3H3. The summed E-state index contributed by atoms with van der Waals surface area (Å²) in [6.45, 7) is 2.46. The van der Waals surface area contributed by atoms with Crippen molar-refractivity contribution in [2.75, 3.05) is 13.6 Å². The summed E-state index contributed by atoms with van der Waals surface area (Å²) in [5, 5.41) is 12.5. The Balaban J connectivity index is 2.18. The van der Waals surface area contributed by atoms with E-state index in [9.17, 15) is 0 Å². The zero-order valence-electron chi connectivity index (χ0n) is 22.3. The monoisotopic (exact) mass is 490 g/mol. The van der Waals surface area contributed by atoms with E-state index >= 15 is 0 Å².